The molecule has 1 aromatic rings. The third-order valence-corrected chi connectivity index (χ3v) is 4.93. The summed E-state index contributed by atoms with van der Waals surface area (Å²) in [6, 6.07) is 2.41. The fraction of sp³-hybridized carbons (Fsp3) is 0.643. The molecule has 0 spiro atoms. The molecule has 18 heavy (non-hydrogen) atoms. The second kappa shape index (κ2) is 5.85. The molecule has 0 saturated carbocycles. The minimum Gasteiger partial charge on any atom is -0.338 e. The van der Waals surface area contributed by atoms with E-state index in [1.165, 1.54) is 10.4 Å². The van der Waals surface area contributed by atoms with E-state index < -0.39 is 0 Å². The Morgan fingerprint density at radius 3 is 2.83 bits per heavy atom. The van der Waals surface area contributed by atoms with Crippen LogP contribution in [0.3, 0.4) is 0 Å². The molecule has 1 unspecified atom stereocenters. The minimum atomic E-state index is 0.183. The molecule has 0 aromatic carbocycles. The number of rotatable bonds is 2. The third kappa shape index (κ3) is 2.93. The first kappa shape index (κ1) is 13.6. The van der Waals surface area contributed by atoms with Crippen LogP contribution in [-0.4, -0.2) is 37.0 Å². The van der Waals surface area contributed by atoms with Crippen LogP contribution in [0.1, 0.15) is 39.4 Å². The quantitative estimate of drug-likeness (QED) is 0.892. The second-order valence-corrected chi connectivity index (χ2v) is 6.36. The van der Waals surface area contributed by atoms with Crippen molar-refractivity contribution in [2.45, 2.75) is 39.2 Å². The number of aryl methyl sites for hydroxylation is 2. The molecular weight excluding hydrogens is 244 g/mol. The van der Waals surface area contributed by atoms with E-state index in [2.05, 4.69) is 19.2 Å². The van der Waals surface area contributed by atoms with E-state index in [1.54, 1.807) is 11.3 Å². The van der Waals surface area contributed by atoms with Gasteiger partial charge in [0.1, 0.15) is 0 Å². The summed E-state index contributed by atoms with van der Waals surface area (Å²) in [5, 5.41) is 3.39. The predicted molar refractivity (Wildman–Crippen MR) is 76.4 cm³/mol. The maximum absolute atomic E-state index is 12.4. The SMILES string of the molecule is Cc1cc(C(=O)N(C)C2CCCNCC2)sc1C. The van der Waals surface area contributed by atoms with Crippen LogP contribution in [0.2, 0.25) is 0 Å². The van der Waals surface area contributed by atoms with Gasteiger partial charge in [0.05, 0.1) is 4.88 Å². The largest absolute Gasteiger partial charge is 0.338 e. The van der Waals surface area contributed by atoms with E-state index in [9.17, 15) is 4.79 Å². The van der Waals surface area contributed by atoms with Crippen LogP contribution in [0.4, 0.5) is 0 Å². The Balaban J connectivity index is 2.07. The Morgan fingerprint density at radius 2 is 2.17 bits per heavy atom. The highest BCUT2D eigenvalue weighted by Crippen LogP contribution is 2.23. The number of nitrogens with zero attached hydrogens (tertiary/aromatic N) is 1. The summed E-state index contributed by atoms with van der Waals surface area (Å²) in [5.41, 5.74) is 1.22. The minimum absolute atomic E-state index is 0.183. The Morgan fingerprint density at radius 1 is 1.39 bits per heavy atom. The normalized spacial score (nSPS) is 20.5. The van der Waals surface area contributed by atoms with Gasteiger partial charge in [-0.1, -0.05) is 0 Å². The number of thiophene rings is 1. The molecule has 1 atom stereocenters. The van der Waals surface area contributed by atoms with Crippen molar-refractivity contribution in [1.29, 1.82) is 0 Å². The molecule has 4 heteroatoms. The summed E-state index contributed by atoms with van der Waals surface area (Å²) < 4.78 is 0. The summed E-state index contributed by atoms with van der Waals surface area (Å²) in [4.78, 5) is 16.5. The number of carbonyl (C=O) groups excluding carboxylic acids is 1. The van der Waals surface area contributed by atoms with Crippen molar-refractivity contribution in [2.75, 3.05) is 20.1 Å². The van der Waals surface area contributed by atoms with Crippen LogP contribution >= 0.6 is 11.3 Å². The summed E-state index contributed by atoms with van der Waals surface area (Å²) in [5.74, 6) is 0.183. The molecule has 1 aliphatic heterocycles. The van der Waals surface area contributed by atoms with Crippen molar-refractivity contribution in [3.05, 3.63) is 21.4 Å². The molecule has 100 valence electrons. The molecule has 1 saturated heterocycles. The van der Waals surface area contributed by atoms with Gasteiger partial charge < -0.3 is 10.2 Å². The zero-order valence-corrected chi connectivity index (χ0v) is 12.3. The van der Waals surface area contributed by atoms with Crippen molar-refractivity contribution >= 4 is 17.2 Å². The monoisotopic (exact) mass is 266 g/mol. The summed E-state index contributed by atoms with van der Waals surface area (Å²) in [6.07, 6.45) is 3.33. The van der Waals surface area contributed by atoms with Crippen LogP contribution in [0.5, 0.6) is 0 Å². The number of nitrogens with one attached hydrogen (secondary N) is 1. The van der Waals surface area contributed by atoms with Crippen LogP contribution in [0.15, 0.2) is 6.07 Å². The van der Waals surface area contributed by atoms with E-state index in [4.69, 9.17) is 0 Å². The fourth-order valence-corrected chi connectivity index (χ4v) is 3.42. The lowest BCUT2D eigenvalue weighted by atomic mass is 10.1. The third-order valence-electron chi connectivity index (χ3n) is 3.79. The van der Waals surface area contributed by atoms with Gasteiger partial charge in [0.15, 0.2) is 0 Å². The molecule has 1 amide bonds. The highest BCUT2D eigenvalue weighted by atomic mass is 32.1. The van der Waals surface area contributed by atoms with Gasteiger partial charge in [0.25, 0.3) is 5.91 Å². The molecule has 1 N–H and O–H groups in total. The van der Waals surface area contributed by atoms with E-state index in [-0.39, 0.29) is 5.91 Å². The lowest BCUT2D eigenvalue weighted by Crippen LogP contribution is -2.37. The van der Waals surface area contributed by atoms with Crippen molar-refractivity contribution in [3.63, 3.8) is 0 Å². The van der Waals surface area contributed by atoms with Crippen molar-refractivity contribution in [2.24, 2.45) is 0 Å². The molecular formula is C14H22N2OS. The zero-order valence-electron chi connectivity index (χ0n) is 11.5. The first-order valence-electron chi connectivity index (χ1n) is 6.64. The van der Waals surface area contributed by atoms with Crippen LogP contribution in [-0.2, 0) is 0 Å². The van der Waals surface area contributed by atoms with Gasteiger partial charge in [-0.2, -0.15) is 0 Å². The predicted octanol–water partition coefficient (Wildman–Crippen LogP) is 2.58. The molecule has 1 fully saturated rings. The van der Waals surface area contributed by atoms with E-state index in [1.807, 2.05) is 18.0 Å². The Bertz CT molecular complexity index is 400. The van der Waals surface area contributed by atoms with Crippen LogP contribution in [0.25, 0.3) is 0 Å². The van der Waals surface area contributed by atoms with Crippen molar-refractivity contribution in [1.82, 2.24) is 10.2 Å². The number of carbonyl (C=O) groups is 1. The summed E-state index contributed by atoms with van der Waals surface area (Å²) in [6.45, 7) is 6.24. The number of amides is 1. The Kier molecular flexibility index (Phi) is 4.40. The molecule has 0 aliphatic carbocycles. The summed E-state index contributed by atoms with van der Waals surface area (Å²) in [7, 11) is 1.95. The average Bonchev–Trinajstić information content (AvgIpc) is 2.61. The molecule has 1 aliphatic rings. The molecule has 3 nitrogen and oxygen atoms in total. The lowest BCUT2D eigenvalue weighted by Gasteiger charge is -2.26. The van der Waals surface area contributed by atoms with E-state index in [0.29, 0.717) is 6.04 Å². The molecule has 0 bridgehead atoms. The average molecular weight is 266 g/mol. The zero-order chi connectivity index (χ0) is 13.1. The smallest absolute Gasteiger partial charge is 0.263 e. The van der Waals surface area contributed by atoms with Crippen molar-refractivity contribution < 1.29 is 4.79 Å². The molecule has 2 rings (SSSR count). The molecule has 2 heterocycles. The van der Waals surface area contributed by atoms with Gasteiger partial charge >= 0.3 is 0 Å². The van der Waals surface area contributed by atoms with Gasteiger partial charge in [0.2, 0.25) is 0 Å². The second-order valence-electron chi connectivity index (χ2n) is 5.10. The van der Waals surface area contributed by atoms with Gasteiger partial charge in [-0.15, -0.1) is 11.3 Å². The first-order chi connectivity index (χ1) is 8.59. The topological polar surface area (TPSA) is 32.3 Å². The summed E-state index contributed by atoms with van der Waals surface area (Å²) >= 11 is 1.61. The number of hydrogen-bond acceptors (Lipinski definition) is 3. The lowest BCUT2D eigenvalue weighted by molar-refractivity contribution is 0.0725. The fourth-order valence-electron chi connectivity index (χ4n) is 2.41. The van der Waals surface area contributed by atoms with Gasteiger partial charge in [-0.3, -0.25) is 4.79 Å². The maximum Gasteiger partial charge on any atom is 0.263 e. The van der Waals surface area contributed by atoms with E-state index >= 15 is 0 Å². The highest BCUT2D eigenvalue weighted by molar-refractivity contribution is 7.14. The van der Waals surface area contributed by atoms with Crippen LogP contribution in [0, 0.1) is 13.8 Å². The van der Waals surface area contributed by atoms with Gasteiger partial charge in [-0.25, -0.2) is 0 Å². The Hall–Kier alpha value is -0.870. The Labute approximate surface area is 113 Å². The maximum atomic E-state index is 12.4. The van der Waals surface area contributed by atoms with Gasteiger partial charge in [-0.05, 0) is 57.8 Å². The standard InChI is InChI=1S/C14H22N2OS/c1-10-9-13(18-11(10)2)14(17)16(3)12-5-4-7-15-8-6-12/h9,12,15H,4-8H2,1-3H3. The highest BCUT2D eigenvalue weighted by Gasteiger charge is 2.23. The molecule has 1 aromatic heterocycles. The number of hydrogen-bond donors (Lipinski definition) is 1. The first-order valence-corrected chi connectivity index (χ1v) is 7.46. The van der Waals surface area contributed by atoms with E-state index in [0.717, 1.165) is 37.2 Å². The van der Waals surface area contributed by atoms with Gasteiger partial charge in [0, 0.05) is 18.0 Å². The van der Waals surface area contributed by atoms with Crippen molar-refractivity contribution in [3.8, 4) is 0 Å². The molecule has 0 radical (unpaired) electrons. The van der Waals surface area contributed by atoms with Crippen LogP contribution < -0.4 is 5.32 Å².